The molecular weight excluding hydrogens is 306 g/mol. The summed E-state index contributed by atoms with van der Waals surface area (Å²) >= 11 is 0. The minimum Gasteiger partial charge on any atom is -0.344 e. The molecule has 0 spiro atoms. The van der Waals surface area contributed by atoms with E-state index in [1.807, 2.05) is 4.90 Å². The Balaban J connectivity index is 1.66. The highest BCUT2D eigenvalue weighted by Crippen LogP contribution is 2.10. The smallest absolute Gasteiger partial charge is 0.236 e. The minimum absolute atomic E-state index is 0.0584. The molecule has 2 saturated heterocycles. The van der Waals surface area contributed by atoms with Gasteiger partial charge in [0, 0.05) is 52.9 Å². The standard InChI is InChI=1S/C17H29N5O2/c1-19(7-5-6-18)16(23)14-20-10-12-21(13-11-20)15-17(24)22-8-3-2-4-9-22/h2-5,7-15H2,1H3. The van der Waals surface area contributed by atoms with E-state index in [2.05, 4.69) is 15.9 Å². The molecule has 0 N–H and O–H groups in total. The average Bonchev–Trinajstić information content (AvgIpc) is 2.62. The van der Waals surface area contributed by atoms with Gasteiger partial charge in [0.25, 0.3) is 0 Å². The Morgan fingerprint density at radius 3 is 2.12 bits per heavy atom. The SMILES string of the molecule is CN(CCC#N)C(=O)CN1CCN(CC(=O)N2CCCCC2)CC1. The lowest BCUT2D eigenvalue weighted by atomic mass is 10.1. The van der Waals surface area contributed by atoms with E-state index >= 15 is 0 Å². The number of carbonyl (C=O) groups is 2. The molecular formula is C17H29N5O2. The number of piperidine rings is 1. The van der Waals surface area contributed by atoms with Gasteiger partial charge >= 0.3 is 0 Å². The lowest BCUT2D eigenvalue weighted by Gasteiger charge is -2.36. The number of amides is 2. The van der Waals surface area contributed by atoms with E-state index in [0.29, 0.717) is 26.1 Å². The second kappa shape index (κ2) is 9.60. The van der Waals surface area contributed by atoms with Crippen molar-refractivity contribution < 1.29 is 9.59 Å². The molecule has 0 aromatic heterocycles. The van der Waals surface area contributed by atoms with Crippen LogP contribution in [0.15, 0.2) is 0 Å². The summed E-state index contributed by atoms with van der Waals surface area (Å²) < 4.78 is 0. The van der Waals surface area contributed by atoms with Crippen molar-refractivity contribution in [3.8, 4) is 6.07 Å². The van der Waals surface area contributed by atoms with Crippen LogP contribution < -0.4 is 0 Å². The summed E-state index contributed by atoms with van der Waals surface area (Å²) in [6.07, 6.45) is 3.86. The maximum absolute atomic E-state index is 12.3. The third kappa shape index (κ3) is 5.77. The summed E-state index contributed by atoms with van der Waals surface area (Å²) in [5, 5.41) is 8.58. The maximum atomic E-state index is 12.3. The zero-order valence-corrected chi connectivity index (χ0v) is 14.7. The molecule has 0 aromatic carbocycles. The fourth-order valence-electron chi connectivity index (χ4n) is 3.19. The molecule has 2 aliphatic heterocycles. The van der Waals surface area contributed by atoms with E-state index in [1.165, 1.54) is 6.42 Å². The Hall–Kier alpha value is -1.65. The Bertz CT molecular complexity index is 462. The molecule has 0 saturated carbocycles. The van der Waals surface area contributed by atoms with Gasteiger partial charge < -0.3 is 9.80 Å². The number of hydrogen-bond donors (Lipinski definition) is 0. The molecule has 0 aromatic rings. The first-order valence-electron chi connectivity index (χ1n) is 8.93. The highest BCUT2D eigenvalue weighted by atomic mass is 16.2. The van der Waals surface area contributed by atoms with E-state index in [1.54, 1.807) is 11.9 Å². The Labute approximate surface area is 144 Å². The van der Waals surface area contributed by atoms with Gasteiger partial charge in [0.2, 0.25) is 11.8 Å². The second-order valence-electron chi connectivity index (χ2n) is 6.72. The molecule has 7 heteroatoms. The fourth-order valence-corrected chi connectivity index (χ4v) is 3.19. The number of nitrogens with zero attached hydrogens (tertiary/aromatic N) is 5. The van der Waals surface area contributed by atoms with Gasteiger partial charge in [0.05, 0.1) is 25.6 Å². The Morgan fingerprint density at radius 2 is 1.54 bits per heavy atom. The minimum atomic E-state index is 0.0584. The zero-order valence-electron chi connectivity index (χ0n) is 14.7. The molecule has 7 nitrogen and oxygen atoms in total. The van der Waals surface area contributed by atoms with Crippen molar-refractivity contribution in [3.63, 3.8) is 0 Å². The summed E-state index contributed by atoms with van der Waals surface area (Å²) in [4.78, 5) is 32.3. The molecule has 0 radical (unpaired) electrons. The third-order valence-corrected chi connectivity index (χ3v) is 4.88. The first-order chi connectivity index (χ1) is 11.6. The van der Waals surface area contributed by atoms with E-state index in [4.69, 9.17) is 5.26 Å². The number of hydrogen-bond acceptors (Lipinski definition) is 5. The highest BCUT2D eigenvalue weighted by molar-refractivity contribution is 5.78. The highest BCUT2D eigenvalue weighted by Gasteiger charge is 2.24. The van der Waals surface area contributed by atoms with E-state index in [9.17, 15) is 9.59 Å². The number of likely N-dealkylation sites (tertiary alicyclic amines) is 1. The number of carbonyl (C=O) groups excluding carboxylic acids is 2. The molecule has 24 heavy (non-hydrogen) atoms. The van der Waals surface area contributed by atoms with Crippen LogP contribution in [0, 0.1) is 11.3 Å². The van der Waals surface area contributed by atoms with Gasteiger partial charge in [-0.05, 0) is 19.3 Å². The van der Waals surface area contributed by atoms with E-state index in [-0.39, 0.29) is 11.8 Å². The number of rotatable bonds is 6. The zero-order chi connectivity index (χ0) is 17.4. The van der Waals surface area contributed by atoms with Crippen LogP contribution in [0.1, 0.15) is 25.7 Å². The lowest BCUT2D eigenvalue weighted by molar-refractivity contribution is -0.135. The van der Waals surface area contributed by atoms with Crippen LogP contribution >= 0.6 is 0 Å². The molecule has 134 valence electrons. The molecule has 2 aliphatic rings. The van der Waals surface area contributed by atoms with Crippen molar-refractivity contribution in [2.24, 2.45) is 0 Å². The lowest BCUT2D eigenvalue weighted by Crippen LogP contribution is -2.52. The summed E-state index contributed by atoms with van der Waals surface area (Å²) in [5.41, 5.74) is 0. The van der Waals surface area contributed by atoms with Gasteiger partial charge in [0.15, 0.2) is 0 Å². The summed E-state index contributed by atoms with van der Waals surface area (Å²) in [6.45, 7) is 6.48. The first-order valence-corrected chi connectivity index (χ1v) is 8.93. The molecule has 2 rings (SSSR count). The van der Waals surface area contributed by atoms with Crippen molar-refractivity contribution >= 4 is 11.8 Å². The van der Waals surface area contributed by atoms with Crippen molar-refractivity contribution in [3.05, 3.63) is 0 Å². The van der Waals surface area contributed by atoms with Gasteiger partial charge in [-0.25, -0.2) is 0 Å². The van der Waals surface area contributed by atoms with Gasteiger partial charge in [-0.1, -0.05) is 0 Å². The van der Waals surface area contributed by atoms with Crippen LogP contribution in [-0.2, 0) is 9.59 Å². The predicted octanol–water partition coefficient (Wildman–Crippen LogP) is -0.0114. The van der Waals surface area contributed by atoms with E-state index < -0.39 is 0 Å². The number of likely N-dealkylation sites (N-methyl/N-ethyl adjacent to an activating group) is 1. The van der Waals surface area contributed by atoms with Gasteiger partial charge in [-0.3, -0.25) is 19.4 Å². The summed E-state index contributed by atoms with van der Waals surface area (Å²) in [5.74, 6) is 0.304. The van der Waals surface area contributed by atoms with Crippen LogP contribution in [0.3, 0.4) is 0 Å². The van der Waals surface area contributed by atoms with Gasteiger partial charge in [-0.15, -0.1) is 0 Å². The molecule has 2 amide bonds. The Morgan fingerprint density at radius 1 is 0.958 bits per heavy atom. The maximum Gasteiger partial charge on any atom is 0.236 e. The molecule has 2 heterocycles. The quantitative estimate of drug-likeness (QED) is 0.683. The average molecular weight is 335 g/mol. The predicted molar refractivity (Wildman–Crippen MR) is 91.2 cm³/mol. The summed E-state index contributed by atoms with van der Waals surface area (Å²) in [7, 11) is 1.74. The van der Waals surface area contributed by atoms with Crippen molar-refractivity contribution in [1.82, 2.24) is 19.6 Å². The third-order valence-electron chi connectivity index (χ3n) is 4.88. The summed E-state index contributed by atoms with van der Waals surface area (Å²) in [6, 6.07) is 2.06. The molecule has 2 fully saturated rings. The fraction of sp³-hybridized carbons (Fsp3) is 0.824. The van der Waals surface area contributed by atoms with Crippen LogP contribution in [0.2, 0.25) is 0 Å². The van der Waals surface area contributed by atoms with Crippen molar-refractivity contribution in [2.45, 2.75) is 25.7 Å². The van der Waals surface area contributed by atoms with Crippen LogP contribution in [-0.4, -0.2) is 97.4 Å². The normalized spacial score (nSPS) is 19.8. The topological polar surface area (TPSA) is 70.9 Å². The van der Waals surface area contributed by atoms with E-state index in [0.717, 1.165) is 52.1 Å². The largest absolute Gasteiger partial charge is 0.344 e. The Kier molecular flexibility index (Phi) is 7.47. The van der Waals surface area contributed by atoms with Crippen LogP contribution in [0.4, 0.5) is 0 Å². The molecule has 0 unspecified atom stereocenters. The first kappa shape index (κ1) is 18.7. The number of piperazine rings is 1. The van der Waals surface area contributed by atoms with Crippen LogP contribution in [0.25, 0.3) is 0 Å². The van der Waals surface area contributed by atoms with Crippen molar-refractivity contribution in [1.29, 1.82) is 5.26 Å². The number of nitriles is 1. The second-order valence-corrected chi connectivity index (χ2v) is 6.72. The molecule has 0 aliphatic carbocycles. The molecule has 0 bridgehead atoms. The van der Waals surface area contributed by atoms with Crippen molar-refractivity contribution in [2.75, 3.05) is 66.0 Å². The van der Waals surface area contributed by atoms with Gasteiger partial charge in [-0.2, -0.15) is 5.26 Å². The van der Waals surface area contributed by atoms with Crippen LogP contribution in [0.5, 0.6) is 0 Å². The monoisotopic (exact) mass is 335 g/mol. The molecule has 0 atom stereocenters. The van der Waals surface area contributed by atoms with Gasteiger partial charge in [0.1, 0.15) is 0 Å².